The van der Waals surface area contributed by atoms with Crippen LogP contribution in [0.3, 0.4) is 0 Å². The zero-order chi connectivity index (χ0) is 24.0. The Labute approximate surface area is 196 Å². The van der Waals surface area contributed by atoms with Crippen molar-refractivity contribution in [3.63, 3.8) is 0 Å². The minimum absolute atomic E-state index is 0.00188. The molecule has 3 heterocycles. The van der Waals surface area contributed by atoms with Crippen LogP contribution in [-0.2, 0) is 6.18 Å². The molecule has 0 spiro atoms. The molecular formula is C24H21F3N4O2S. The Morgan fingerprint density at radius 1 is 1.09 bits per heavy atom. The first kappa shape index (κ1) is 22.4. The molecule has 0 aliphatic carbocycles. The van der Waals surface area contributed by atoms with Gasteiger partial charge < -0.3 is 9.88 Å². The van der Waals surface area contributed by atoms with Crippen LogP contribution in [-0.4, -0.2) is 38.4 Å². The topological polar surface area (TPSA) is 71.0 Å². The van der Waals surface area contributed by atoms with Gasteiger partial charge in [-0.15, -0.1) is 11.3 Å². The van der Waals surface area contributed by atoms with Gasteiger partial charge in [0.05, 0.1) is 22.3 Å². The fourth-order valence-electron chi connectivity index (χ4n) is 4.43. The molecule has 2 aromatic carbocycles. The summed E-state index contributed by atoms with van der Waals surface area (Å²) < 4.78 is 40.3. The van der Waals surface area contributed by atoms with Gasteiger partial charge in [-0.05, 0) is 44.0 Å². The number of aryl methyl sites for hydroxylation is 1. The number of carbonyl (C=O) groups excluding carboxylic acids is 1. The number of aromatic nitrogens is 3. The molecule has 1 saturated heterocycles. The number of amides is 1. The minimum Gasteiger partial charge on any atom is -0.338 e. The molecule has 0 atom stereocenters. The number of nitrogens with zero attached hydrogens (tertiary/aromatic N) is 3. The van der Waals surface area contributed by atoms with Crippen LogP contribution in [0.2, 0.25) is 0 Å². The largest absolute Gasteiger partial charge is 0.416 e. The molecule has 4 aromatic rings. The second-order valence-electron chi connectivity index (χ2n) is 8.35. The zero-order valence-corrected chi connectivity index (χ0v) is 19.0. The van der Waals surface area contributed by atoms with E-state index in [-0.39, 0.29) is 17.6 Å². The van der Waals surface area contributed by atoms with E-state index in [1.807, 2.05) is 24.3 Å². The molecule has 1 aliphatic heterocycles. The third kappa shape index (κ3) is 4.02. The number of hydrogen-bond donors (Lipinski definition) is 1. The van der Waals surface area contributed by atoms with Crippen molar-refractivity contribution >= 4 is 28.3 Å². The SMILES string of the molecule is Cc1nc(-c2ccc(C(F)(F)F)cc2)sc1C(=O)N1CCC(n2c(=O)[nH]c3ccccc32)CC1. The number of halogens is 3. The van der Waals surface area contributed by atoms with Gasteiger partial charge in [0, 0.05) is 24.7 Å². The van der Waals surface area contributed by atoms with Crippen molar-refractivity contribution in [3.8, 4) is 10.6 Å². The van der Waals surface area contributed by atoms with E-state index in [1.54, 1.807) is 16.4 Å². The second-order valence-corrected chi connectivity index (χ2v) is 9.35. The van der Waals surface area contributed by atoms with Gasteiger partial charge in [-0.3, -0.25) is 9.36 Å². The number of fused-ring (bicyclic) bond motifs is 1. The number of nitrogens with one attached hydrogen (secondary N) is 1. The number of alkyl halides is 3. The van der Waals surface area contributed by atoms with Gasteiger partial charge in [-0.25, -0.2) is 9.78 Å². The predicted octanol–water partition coefficient (Wildman–Crippen LogP) is 5.26. The van der Waals surface area contributed by atoms with Crippen LogP contribution in [0.1, 0.15) is 39.8 Å². The van der Waals surface area contributed by atoms with Crippen LogP contribution >= 0.6 is 11.3 Å². The molecule has 34 heavy (non-hydrogen) atoms. The molecule has 1 N–H and O–H groups in total. The molecule has 0 radical (unpaired) electrons. The molecular weight excluding hydrogens is 465 g/mol. The first-order valence-corrected chi connectivity index (χ1v) is 11.7. The number of benzene rings is 2. The highest BCUT2D eigenvalue weighted by molar-refractivity contribution is 7.17. The summed E-state index contributed by atoms with van der Waals surface area (Å²) in [6.07, 6.45) is -3.10. The van der Waals surface area contributed by atoms with Gasteiger partial charge >= 0.3 is 11.9 Å². The van der Waals surface area contributed by atoms with Crippen molar-refractivity contribution in [2.75, 3.05) is 13.1 Å². The smallest absolute Gasteiger partial charge is 0.338 e. The number of rotatable bonds is 3. The number of likely N-dealkylation sites (tertiary alicyclic amines) is 1. The predicted molar refractivity (Wildman–Crippen MR) is 124 cm³/mol. The van der Waals surface area contributed by atoms with E-state index in [9.17, 15) is 22.8 Å². The number of aromatic amines is 1. The van der Waals surface area contributed by atoms with Crippen molar-refractivity contribution in [1.29, 1.82) is 0 Å². The van der Waals surface area contributed by atoms with Gasteiger partial charge in [-0.2, -0.15) is 13.2 Å². The number of hydrogen-bond acceptors (Lipinski definition) is 4. The van der Waals surface area contributed by atoms with Crippen LogP contribution in [0.15, 0.2) is 53.3 Å². The fourth-order valence-corrected chi connectivity index (χ4v) is 5.47. The van der Waals surface area contributed by atoms with Crippen LogP contribution in [0.25, 0.3) is 21.6 Å². The van der Waals surface area contributed by atoms with E-state index in [4.69, 9.17) is 0 Å². The quantitative estimate of drug-likeness (QED) is 0.430. The molecule has 0 bridgehead atoms. The molecule has 0 saturated carbocycles. The minimum atomic E-state index is -4.40. The monoisotopic (exact) mass is 486 g/mol. The molecule has 2 aromatic heterocycles. The normalized spacial score (nSPS) is 15.2. The molecule has 1 amide bonds. The average Bonchev–Trinajstić information content (AvgIpc) is 3.37. The number of H-pyrrole nitrogens is 1. The average molecular weight is 487 g/mol. The Balaban J connectivity index is 1.31. The van der Waals surface area contributed by atoms with Gasteiger partial charge in [0.25, 0.3) is 5.91 Å². The van der Waals surface area contributed by atoms with Gasteiger partial charge in [0.15, 0.2) is 0 Å². The molecule has 176 valence electrons. The summed E-state index contributed by atoms with van der Waals surface area (Å²) in [6.45, 7) is 2.74. The van der Waals surface area contributed by atoms with E-state index >= 15 is 0 Å². The molecule has 10 heteroatoms. The number of carbonyl (C=O) groups is 1. The maximum atomic E-state index is 13.2. The first-order valence-electron chi connectivity index (χ1n) is 10.9. The fraction of sp³-hybridized carbons (Fsp3) is 0.292. The van der Waals surface area contributed by atoms with Crippen molar-refractivity contribution in [2.45, 2.75) is 32.0 Å². The Kier molecular flexibility index (Phi) is 5.55. The van der Waals surface area contributed by atoms with Crippen LogP contribution in [0, 0.1) is 6.92 Å². The van der Waals surface area contributed by atoms with E-state index in [1.165, 1.54) is 23.5 Å². The van der Waals surface area contributed by atoms with Crippen LogP contribution in [0.5, 0.6) is 0 Å². The summed E-state index contributed by atoms with van der Waals surface area (Å²) in [7, 11) is 0. The highest BCUT2D eigenvalue weighted by Gasteiger charge is 2.31. The van der Waals surface area contributed by atoms with Crippen LogP contribution < -0.4 is 5.69 Å². The molecule has 5 rings (SSSR count). The molecule has 1 fully saturated rings. The molecule has 6 nitrogen and oxygen atoms in total. The van der Waals surface area contributed by atoms with E-state index in [2.05, 4.69) is 9.97 Å². The Morgan fingerprint density at radius 2 is 1.76 bits per heavy atom. The van der Waals surface area contributed by atoms with Gasteiger partial charge in [0.1, 0.15) is 9.88 Å². The number of para-hydroxylation sites is 2. The van der Waals surface area contributed by atoms with Crippen molar-refractivity contribution in [3.05, 3.63) is 75.1 Å². The zero-order valence-electron chi connectivity index (χ0n) is 18.2. The van der Waals surface area contributed by atoms with Crippen molar-refractivity contribution in [2.24, 2.45) is 0 Å². The highest BCUT2D eigenvalue weighted by atomic mass is 32.1. The lowest BCUT2D eigenvalue weighted by atomic mass is 10.0. The summed E-state index contributed by atoms with van der Waals surface area (Å²) in [5.74, 6) is -0.141. The third-order valence-corrected chi connectivity index (χ3v) is 7.39. The lowest BCUT2D eigenvalue weighted by molar-refractivity contribution is -0.137. The summed E-state index contributed by atoms with van der Waals surface area (Å²) in [4.78, 5) is 35.2. The molecule has 0 unspecified atom stereocenters. The Morgan fingerprint density at radius 3 is 2.44 bits per heavy atom. The van der Waals surface area contributed by atoms with Crippen molar-refractivity contribution in [1.82, 2.24) is 19.4 Å². The van der Waals surface area contributed by atoms with Gasteiger partial charge in [0.2, 0.25) is 0 Å². The molecule has 1 aliphatic rings. The highest BCUT2D eigenvalue weighted by Crippen LogP contribution is 2.34. The second kappa shape index (κ2) is 8.43. The lowest BCUT2D eigenvalue weighted by Gasteiger charge is -2.32. The van der Waals surface area contributed by atoms with Gasteiger partial charge in [-0.1, -0.05) is 24.3 Å². The maximum Gasteiger partial charge on any atom is 0.416 e. The standard InChI is InChI=1S/C24H21F3N4O2S/c1-14-20(34-21(28-14)15-6-8-16(9-7-15)24(25,26)27)22(32)30-12-10-17(11-13-30)31-19-5-3-2-4-18(19)29-23(31)33/h2-9,17H,10-13H2,1H3,(H,29,33). The number of thiazole rings is 1. The Bertz CT molecular complexity index is 1410. The number of imidazole rings is 1. The number of piperidine rings is 1. The van der Waals surface area contributed by atoms with E-state index in [0.29, 0.717) is 47.1 Å². The van der Waals surface area contributed by atoms with Crippen LogP contribution in [0.4, 0.5) is 13.2 Å². The summed E-state index contributed by atoms with van der Waals surface area (Å²) in [5.41, 5.74) is 1.87. The summed E-state index contributed by atoms with van der Waals surface area (Å²) in [5, 5.41) is 0.509. The maximum absolute atomic E-state index is 13.2. The summed E-state index contributed by atoms with van der Waals surface area (Å²) >= 11 is 1.19. The lowest BCUT2D eigenvalue weighted by Crippen LogP contribution is -2.40. The van der Waals surface area contributed by atoms with E-state index < -0.39 is 11.7 Å². The van der Waals surface area contributed by atoms with E-state index in [0.717, 1.165) is 23.2 Å². The van der Waals surface area contributed by atoms with Crippen molar-refractivity contribution < 1.29 is 18.0 Å². The Hall–Kier alpha value is -3.40. The summed E-state index contributed by atoms with van der Waals surface area (Å²) in [6, 6.07) is 12.3. The third-order valence-electron chi connectivity index (χ3n) is 6.19. The first-order chi connectivity index (χ1) is 16.2.